The second-order valence-electron chi connectivity index (χ2n) is 6.90. The summed E-state index contributed by atoms with van der Waals surface area (Å²) in [6.45, 7) is 6.41. The maximum absolute atomic E-state index is 12.6. The van der Waals surface area contributed by atoms with Gasteiger partial charge in [-0.25, -0.2) is 0 Å². The number of hydrazone groups is 1. The molecule has 0 spiro atoms. The van der Waals surface area contributed by atoms with Gasteiger partial charge in [-0.3, -0.25) is 10.2 Å². The molecule has 1 aromatic rings. The molecule has 22 heavy (non-hydrogen) atoms. The van der Waals surface area contributed by atoms with Gasteiger partial charge in [0.25, 0.3) is 0 Å². The highest BCUT2D eigenvalue weighted by atomic mass is 32.1. The molecular formula is C17H21N3OS. The molecule has 116 valence electrons. The fraction of sp³-hybridized carbons (Fsp3) is 0.471. The van der Waals surface area contributed by atoms with Crippen molar-refractivity contribution >= 4 is 34.5 Å². The summed E-state index contributed by atoms with van der Waals surface area (Å²) < 4.78 is 0. The topological polar surface area (TPSA) is 53.5 Å². The van der Waals surface area contributed by atoms with Crippen LogP contribution in [0.5, 0.6) is 0 Å². The first-order valence-corrected chi connectivity index (χ1v) is 8.01. The lowest BCUT2D eigenvalue weighted by molar-refractivity contribution is -0.123. The van der Waals surface area contributed by atoms with Gasteiger partial charge in [0.05, 0.1) is 0 Å². The third kappa shape index (κ3) is 2.15. The third-order valence-corrected chi connectivity index (χ3v) is 5.79. The van der Waals surface area contributed by atoms with Gasteiger partial charge in [0, 0.05) is 17.0 Å². The van der Waals surface area contributed by atoms with Crippen LogP contribution in [0, 0.1) is 16.7 Å². The molecule has 2 fully saturated rings. The maximum atomic E-state index is 12.6. The predicted octanol–water partition coefficient (Wildman–Crippen LogP) is 3.35. The fourth-order valence-corrected chi connectivity index (χ4v) is 3.91. The number of carbonyl (C=O) groups excluding carboxylic acids is 1. The molecule has 0 aliphatic heterocycles. The van der Waals surface area contributed by atoms with E-state index in [0.717, 1.165) is 18.5 Å². The summed E-state index contributed by atoms with van der Waals surface area (Å²) in [6.07, 6.45) is 1.98. The number of rotatable bonds is 2. The van der Waals surface area contributed by atoms with Crippen LogP contribution < -0.4 is 10.7 Å². The molecule has 0 saturated heterocycles. The van der Waals surface area contributed by atoms with Crippen molar-refractivity contribution in [1.82, 2.24) is 5.43 Å². The first-order valence-electron chi connectivity index (χ1n) is 7.61. The Morgan fingerprint density at radius 2 is 1.95 bits per heavy atom. The molecule has 0 unspecified atom stereocenters. The number of hydrogen-bond donors (Lipinski definition) is 2. The Balaban J connectivity index is 1.72. The highest BCUT2D eigenvalue weighted by Gasteiger charge is 2.65. The molecule has 3 rings (SSSR count). The number of thiocarbonyl (C=S) groups is 1. The Morgan fingerprint density at radius 1 is 1.27 bits per heavy atom. The highest BCUT2D eigenvalue weighted by Crippen LogP contribution is 2.62. The van der Waals surface area contributed by atoms with Gasteiger partial charge in [0.2, 0.25) is 0 Å². The predicted molar refractivity (Wildman–Crippen MR) is 92.9 cm³/mol. The number of hydrogen-bond acceptors (Lipinski definition) is 3. The molecule has 1 aromatic carbocycles. The average molecular weight is 315 g/mol. The zero-order valence-corrected chi connectivity index (χ0v) is 14.0. The number of carbonyl (C=O) groups is 1. The molecule has 0 amide bonds. The minimum absolute atomic E-state index is 0.0287. The molecular weight excluding hydrogens is 294 g/mol. The van der Waals surface area contributed by atoms with Crippen LogP contribution in [-0.2, 0) is 4.79 Å². The van der Waals surface area contributed by atoms with Crippen LogP contribution in [0.1, 0.15) is 33.6 Å². The van der Waals surface area contributed by atoms with E-state index in [1.54, 1.807) is 0 Å². The molecule has 2 bridgehead atoms. The van der Waals surface area contributed by atoms with Gasteiger partial charge in [-0.05, 0) is 42.6 Å². The summed E-state index contributed by atoms with van der Waals surface area (Å²) in [4.78, 5) is 12.6. The van der Waals surface area contributed by atoms with Crippen LogP contribution in [-0.4, -0.2) is 16.6 Å². The Morgan fingerprint density at radius 3 is 2.55 bits per heavy atom. The second-order valence-corrected chi connectivity index (χ2v) is 7.31. The van der Waals surface area contributed by atoms with Crippen molar-refractivity contribution in [3.05, 3.63) is 30.3 Å². The molecule has 2 aliphatic rings. The molecule has 2 N–H and O–H groups in total. The van der Waals surface area contributed by atoms with Crippen molar-refractivity contribution in [1.29, 1.82) is 0 Å². The number of anilines is 1. The van der Waals surface area contributed by atoms with Crippen LogP contribution in [0.25, 0.3) is 0 Å². The standard InChI is InChI=1S/C17H21N3OS/c1-16(2)12-9-10-17(16,3)14(21)13(12)19-20-15(22)18-11-7-5-4-6-8-11/h4-8,12H,9-10H2,1-3H3,(H2,18,20,22)/b19-13+/t12-,17+/m1/s1. The molecule has 0 heterocycles. The normalized spacial score (nSPS) is 30.6. The Labute approximate surface area is 136 Å². The van der Waals surface area contributed by atoms with Gasteiger partial charge >= 0.3 is 0 Å². The number of nitrogens with one attached hydrogen (secondary N) is 2. The van der Waals surface area contributed by atoms with Crippen molar-refractivity contribution in [3.8, 4) is 0 Å². The van der Waals surface area contributed by atoms with Crippen molar-refractivity contribution in [2.24, 2.45) is 21.8 Å². The number of ketones is 1. The fourth-order valence-electron chi connectivity index (χ4n) is 3.75. The van der Waals surface area contributed by atoms with Gasteiger partial charge in [-0.2, -0.15) is 5.10 Å². The SMILES string of the molecule is CC1(C)[C@@H]2CC[C@@]1(C)C(=O)/C2=N/NC(=S)Nc1ccccc1. The van der Waals surface area contributed by atoms with E-state index in [9.17, 15) is 4.79 Å². The third-order valence-electron chi connectivity index (χ3n) is 5.60. The van der Waals surface area contributed by atoms with E-state index in [4.69, 9.17) is 12.2 Å². The zero-order valence-electron chi connectivity index (χ0n) is 13.1. The van der Waals surface area contributed by atoms with Gasteiger partial charge in [0.1, 0.15) is 5.71 Å². The molecule has 5 heteroatoms. The number of fused-ring (bicyclic) bond motifs is 2. The van der Waals surface area contributed by atoms with E-state index in [-0.39, 0.29) is 22.5 Å². The number of Topliss-reactive ketones (excluding diaryl/α,β-unsaturated/α-hetero) is 1. The van der Waals surface area contributed by atoms with Crippen LogP contribution >= 0.6 is 12.2 Å². The minimum Gasteiger partial charge on any atom is -0.331 e. The van der Waals surface area contributed by atoms with Crippen LogP contribution in [0.4, 0.5) is 5.69 Å². The first-order chi connectivity index (χ1) is 10.4. The lowest BCUT2D eigenvalue weighted by atomic mass is 9.70. The monoisotopic (exact) mass is 315 g/mol. The van der Waals surface area contributed by atoms with Crippen LogP contribution in [0.3, 0.4) is 0 Å². The number of para-hydroxylation sites is 1. The van der Waals surface area contributed by atoms with Crippen LogP contribution in [0.2, 0.25) is 0 Å². The van der Waals surface area contributed by atoms with E-state index in [2.05, 4.69) is 36.6 Å². The molecule has 2 saturated carbocycles. The summed E-state index contributed by atoms with van der Waals surface area (Å²) >= 11 is 5.24. The average Bonchev–Trinajstić information content (AvgIpc) is 2.79. The van der Waals surface area contributed by atoms with E-state index in [1.165, 1.54) is 0 Å². The van der Waals surface area contributed by atoms with Crippen molar-refractivity contribution < 1.29 is 4.79 Å². The second kappa shape index (κ2) is 5.16. The lowest BCUT2D eigenvalue weighted by Gasteiger charge is -2.31. The van der Waals surface area contributed by atoms with E-state index >= 15 is 0 Å². The van der Waals surface area contributed by atoms with Gasteiger partial charge in [-0.15, -0.1) is 0 Å². The molecule has 2 aliphatic carbocycles. The molecule has 2 atom stereocenters. The quantitative estimate of drug-likeness (QED) is 0.649. The van der Waals surface area contributed by atoms with E-state index in [0.29, 0.717) is 10.8 Å². The van der Waals surface area contributed by atoms with E-state index < -0.39 is 0 Å². The smallest absolute Gasteiger partial charge is 0.191 e. The molecule has 0 aromatic heterocycles. The largest absolute Gasteiger partial charge is 0.331 e. The van der Waals surface area contributed by atoms with Crippen LogP contribution in [0.15, 0.2) is 35.4 Å². The van der Waals surface area contributed by atoms with E-state index in [1.807, 2.05) is 30.3 Å². The Kier molecular flexibility index (Phi) is 3.56. The lowest BCUT2D eigenvalue weighted by Crippen LogP contribution is -2.34. The van der Waals surface area contributed by atoms with Gasteiger partial charge < -0.3 is 5.32 Å². The minimum atomic E-state index is -0.285. The van der Waals surface area contributed by atoms with Crippen molar-refractivity contribution in [2.75, 3.05) is 5.32 Å². The summed E-state index contributed by atoms with van der Waals surface area (Å²) in [5.74, 6) is 0.390. The molecule has 0 radical (unpaired) electrons. The maximum Gasteiger partial charge on any atom is 0.191 e. The number of benzene rings is 1. The number of nitrogens with zero attached hydrogens (tertiary/aromatic N) is 1. The van der Waals surface area contributed by atoms with Crippen molar-refractivity contribution in [3.63, 3.8) is 0 Å². The summed E-state index contributed by atoms with van der Waals surface area (Å²) in [5.41, 5.74) is 4.06. The highest BCUT2D eigenvalue weighted by molar-refractivity contribution is 7.80. The first kappa shape index (κ1) is 15.2. The van der Waals surface area contributed by atoms with Crippen molar-refractivity contribution in [2.45, 2.75) is 33.6 Å². The van der Waals surface area contributed by atoms with Gasteiger partial charge in [0.15, 0.2) is 10.9 Å². The Bertz CT molecular complexity index is 653. The summed E-state index contributed by atoms with van der Waals surface area (Å²) in [6, 6.07) is 9.65. The Hall–Kier alpha value is -1.75. The summed E-state index contributed by atoms with van der Waals surface area (Å²) in [5, 5.41) is 7.79. The summed E-state index contributed by atoms with van der Waals surface area (Å²) in [7, 11) is 0. The van der Waals surface area contributed by atoms with Gasteiger partial charge in [-0.1, -0.05) is 39.0 Å². The zero-order chi connectivity index (χ0) is 16.0. The molecule has 4 nitrogen and oxygen atoms in total.